The normalized spacial score (nSPS) is 14.5. The molecule has 0 aromatic heterocycles. The van der Waals surface area contributed by atoms with Gasteiger partial charge < -0.3 is 33.8 Å². The second kappa shape index (κ2) is 67.8. The number of aliphatic hydroxyl groups is 1. The van der Waals surface area contributed by atoms with Crippen LogP contribution in [0.2, 0.25) is 0 Å². The highest BCUT2D eigenvalue weighted by Gasteiger charge is 2.30. The van der Waals surface area contributed by atoms with E-state index < -0.39 is 97.5 Å². The van der Waals surface area contributed by atoms with E-state index in [4.69, 9.17) is 37.0 Å². The molecule has 19 heteroatoms. The number of hydrogen-bond donors (Lipinski definition) is 3. The average molecular weight is 1370 g/mol. The van der Waals surface area contributed by atoms with Gasteiger partial charge in [-0.2, -0.15) is 0 Å². The van der Waals surface area contributed by atoms with Gasteiger partial charge in [0.2, 0.25) is 0 Å². The van der Waals surface area contributed by atoms with Gasteiger partial charge in [-0.15, -0.1) is 0 Å². The zero-order chi connectivity index (χ0) is 69.0. The number of allylic oxidation sites excluding steroid dienone is 14. The number of rotatable bonds is 69. The number of hydrogen-bond acceptors (Lipinski definition) is 15. The van der Waals surface area contributed by atoms with E-state index in [9.17, 15) is 43.2 Å². The summed E-state index contributed by atoms with van der Waals surface area (Å²) in [6.45, 7) is 4.62. The van der Waals surface area contributed by atoms with Crippen LogP contribution in [0.15, 0.2) is 85.1 Å². The van der Waals surface area contributed by atoms with Crippen LogP contribution < -0.4 is 0 Å². The summed E-state index contributed by atoms with van der Waals surface area (Å²) in [6.07, 6.45) is 67.2. The van der Waals surface area contributed by atoms with Crippen LogP contribution in [0.5, 0.6) is 0 Å². The number of esters is 4. The molecule has 0 aliphatic rings. The Morgan fingerprint density at radius 3 is 0.904 bits per heavy atom. The van der Waals surface area contributed by atoms with E-state index in [2.05, 4.69) is 113 Å². The minimum atomic E-state index is -4.97. The van der Waals surface area contributed by atoms with Gasteiger partial charge in [-0.3, -0.25) is 37.3 Å². The van der Waals surface area contributed by atoms with Crippen molar-refractivity contribution < 1.29 is 80.2 Å². The second-order valence-electron chi connectivity index (χ2n) is 24.5. The van der Waals surface area contributed by atoms with Crippen molar-refractivity contribution in [3.63, 3.8) is 0 Å². The molecule has 0 heterocycles. The first-order valence-electron chi connectivity index (χ1n) is 36.8. The first kappa shape index (κ1) is 90.2. The first-order chi connectivity index (χ1) is 45.7. The monoisotopic (exact) mass is 1370 g/mol. The van der Waals surface area contributed by atoms with E-state index in [1.54, 1.807) is 0 Å². The minimum Gasteiger partial charge on any atom is -0.462 e. The summed E-state index contributed by atoms with van der Waals surface area (Å²) in [6, 6.07) is 0. The minimum absolute atomic E-state index is 0.0816. The topological polar surface area (TPSA) is 237 Å². The van der Waals surface area contributed by atoms with Crippen molar-refractivity contribution in [2.24, 2.45) is 0 Å². The number of ether oxygens (including phenoxy) is 4. The fourth-order valence-electron chi connectivity index (χ4n) is 9.67. The van der Waals surface area contributed by atoms with Crippen molar-refractivity contribution in [2.45, 2.75) is 329 Å². The maximum absolute atomic E-state index is 13.0. The van der Waals surface area contributed by atoms with Crippen LogP contribution >= 0.6 is 15.6 Å². The molecule has 0 rings (SSSR count). The summed E-state index contributed by atoms with van der Waals surface area (Å²) < 4.78 is 68.3. The zero-order valence-electron chi connectivity index (χ0n) is 59.1. The molecule has 5 unspecified atom stereocenters. The highest BCUT2D eigenvalue weighted by atomic mass is 31.2. The van der Waals surface area contributed by atoms with Gasteiger partial charge in [0.25, 0.3) is 0 Å². The van der Waals surface area contributed by atoms with Gasteiger partial charge in [0.05, 0.1) is 26.4 Å². The highest BCUT2D eigenvalue weighted by molar-refractivity contribution is 7.47. The van der Waals surface area contributed by atoms with Crippen molar-refractivity contribution in [3.05, 3.63) is 85.1 Å². The lowest BCUT2D eigenvalue weighted by Crippen LogP contribution is -2.30. The average Bonchev–Trinajstić information content (AvgIpc) is 1.67. The second-order valence-corrected chi connectivity index (χ2v) is 27.4. The molecule has 3 N–H and O–H groups in total. The van der Waals surface area contributed by atoms with Crippen LogP contribution in [0.4, 0.5) is 0 Å². The van der Waals surface area contributed by atoms with Crippen LogP contribution in [0.3, 0.4) is 0 Å². The maximum Gasteiger partial charge on any atom is 0.472 e. The van der Waals surface area contributed by atoms with E-state index in [-0.39, 0.29) is 25.7 Å². The first-order valence-corrected chi connectivity index (χ1v) is 39.8. The third-order valence-corrected chi connectivity index (χ3v) is 17.2. The van der Waals surface area contributed by atoms with E-state index >= 15 is 0 Å². The third-order valence-electron chi connectivity index (χ3n) is 15.3. The van der Waals surface area contributed by atoms with Gasteiger partial charge in [-0.05, 0) is 135 Å². The Morgan fingerprint density at radius 1 is 0.309 bits per heavy atom. The summed E-state index contributed by atoms with van der Waals surface area (Å²) in [7, 11) is -9.95. The van der Waals surface area contributed by atoms with E-state index in [1.807, 2.05) is 0 Å². The number of phosphoric ester groups is 2. The van der Waals surface area contributed by atoms with Crippen molar-refractivity contribution in [2.75, 3.05) is 39.6 Å². The number of carbonyl (C=O) groups excluding carboxylic acids is 4. The van der Waals surface area contributed by atoms with Crippen molar-refractivity contribution in [1.29, 1.82) is 0 Å². The number of aliphatic hydroxyl groups excluding tert-OH is 1. The summed E-state index contributed by atoms with van der Waals surface area (Å²) in [4.78, 5) is 72.7. The molecule has 5 atom stereocenters. The third kappa shape index (κ3) is 66.8. The van der Waals surface area contributed by atoms with Crippen LogP contribution in [0.1, 0.15) is 310 Å². The molecule has 0 fully saturated rings. The van der Waals surface area contributed by atoms with Crippen LogP contribution in [0, 0.1) is 0 Å². The van der Waals surface area contributed by atoms with Crippen LogP contribution in [-0.2, 0) is 65.4 Å². The van der Waals surface area contributed by atoms with Gasteiger partial charge in [-0.25, -0.2) is 9.13 Å². The van der Waals surface area contributed by atoms with Crippen molar-refractivity contribution in [3.8, 4) is 0 Å². The lowest BCUT2D eigenvalue weighted by atomic mass is 10.1. The standard InChI is InChI=1S/C75H132O17P2/c1-5-9-13-17-21-25-29-33-34-38-40-44-48-52-56-60-73(78)86-66-71(92-75(80)62-58-54-50-46-42-37-32-28-24-20-16-12-8-4)68-90-94(83,84)88-64-69(76)63-87-93(81,82)89-67-70(91-74(79)61-57-53-49-45-41-36-31-27-23-19-15-11-7-3)65-85-72(77)59-55-51-47-43-39-35-30-26-22-18-14-10-6-2/h9,13-14,18,21,25-28,30-34,69-71,76H,5-8,10-12,15-17,19-20,22-24,29,35-68H2,1-4H3,(H,81,82)(H,83,84)/b13-9-,18-14-,25-21-,30-26-,31-27-,32-28-,34-33-. The smallest absolute Gasteiger partial charge is 0.462 e. The van der Waals surface area contributed by atoms with Gasteiger partial charge >= 0.3 is 39.5 Å². The lowest BCUT2D eigenvalue weighted by molar-refractivity contribution is -0.161. The molecule has 0 aromatic rings. The molecule has 0 aliphatic heterocycles. The fourth-order valence-corrected chi connectivity index (χ4v) is 11.3. The molecule has 0 amide bonds. The quantitative estimate of drug-likeness (QED) is 0.0169. The molecule has 0 radical (unpaired) electrons. The number of carbonyl (C=O) groups is 4. The summed E-state index contributed by atoms with van der Waals surface area (Å²) in [5.41, 5.74) is 0. The maximum atomic E-state index is 13.0. The van der Waals surface area contributed by atoms with Crippen LogP contribution in [-0.4, -0.2) is 96.7 Å². The Hall–Kier alpha value is -3.76. The molecule has 0 aromatic carbocycles. The molecule has 0 spiro atoms. The molecule has 0 bridgehead atoms. The molecule has 0 saturated carbocycles. The van der Waals surface area contributed by atoms with E-state index in [1.165, 1.54) is 51.4 Å². The molecule has 94 heavy (non-hydrogen) atoms. The molecular weight excluding hydrogens is 1230 g/mol. The largest absolute Gasteiger partial charge is 0.472 e. The van der Waals surface area contributed by atoms with Crippen molar-refractivity contribution >= 4 is 39.5 Å². The number of unbranched alkanes of at least 4 members (excludes halogenated alkanes) is 29. The summed E-state index contributed by atoms with van der Waals surface area (Å²) in [5, 5.41) is 10.6. The fraction of sp³-hybridized carbons (Fsp3) is 0.760. The van der Waals surface area contributed by atoms with Gasteiger partial charge in [0.15, 0.2) is 12.2 Å². The van der Waals surface area contributed by atoms with E-state index in [0.717, 1.165) is 180 Å². The predicted molar refractivity (Wildman–Crippen MR) is 381 cm³/mol. The lowest BCUT2D eigenvalue weighted by Gasteiger charge is -2.21. The van der Waals surface area contributed by atoms with Gasteiger partial charge in [-0.1, -0.05) is 235 Å². The Bertz CT molecular complexity index is 2120. The van der Waals surface area contributed by atoms with E-state index in [0.29, 0.717) is 25.7 Å². The molecule has 544 valence electrons. The van der Waals surface area contributed by atoms with Gasteiger partial charge in [0.1, 0.15) is 19.3 Å². The Kier molecular flexibility index (Phi) is 65.1. The van der Waals surface area contributed by atoms with Crippen LogP contribution in [0.25, 0.3) is 0 Å². The van der Waals surface area contributed by atoms with Crippen molar-refractivity contribution in [1.82, 2.24) is 0 Å². The van der Waals surface area contributed by atoms with Gasteiger partial charge in [0, 0.05) is 25.7 Å². The molecule has 17 nitrogen and oxygen atoms in total. The predicted octanol–water partition coefficient (Wildman–Crippen LogP) is 20.7. The number of phosphoric acid groups is 2. The molecule has 0 saturated heterocycles. The Balaban J connectivity index is 5.35. The Morgan fingerprint density at radius 2 is 0.574 bits per heavy atom. The SMILES string of the molecule is CC/C=C\C/C=C\C/C=C\CCCCCCCC(=O)OCC(COP(=O)(O)OCC(O)COP(=O)(O)OCC(COC(=O)CCCCCCC/C=C\C/C=C\CCC)OC(=O)CCCCCCC/C=C\CCCCCC)OC(=O)CCCCCCC/C=C\CCCCCC. The summed E-state index contributed by atoms with van der Waals surface area (Å²) >= 11 is 0. The molecular formula is C75H132O17P2. The summed E-state index contributed by atoms with van der Waals surface area (Å²) in [5.74, 6) is -2.22. The highest BCUT2D eigenvalue weighted by Crippen LogP contribution is 2.45. The molecule has 0 aliphatic carbocycles. The zero-order valence-corrected chi connectivity index (χ0v) is 60.9. The Labute approximate surface area is 570 Å².